The van der Waals surface area contributed by atoms with Crippen molar-refractivity contribution in [1.82, 2.24) is 0 Å². The molecule has 2 saturated heterocycles. The molecule has 2 bridgehead atoms. The van der Waals surface area contributed by atoms with E-state index >= 15 is 0 Å². The molecule has 2 saturated carbocycles. The monoisotopic (exact) mass is 672 g/mol. The molecule has 3 aliphatic heterocycles. The number of rotatable bonds is 8. The Bertz CT molecular complexity index is 1550. The van der Waals surface area contributed by atoms with Crippen molar-refractivity contribution >= 4 is 23.9 Å². The normalized spacial score (nSPS) is 42.6. The minimum absolute atomic E-state index is 0.197. The molecule has 0 unspecified atom stereocenters. The first-order valence-electron chi connectivity index (χ1n) is 16.9. The molecule has 6 rings (SSSR count). The average molecular weight is 673 g/mol. The minimum Gasteiger partial charge on any atom is -0.472 e. The summed E-state index contributed by atoms with van der Waals surface area (Å²) in [7, 11) is 1.27. The van der Waals surface area contributed by atoms with E-state index in [0.29, 0.717) is 30.4 Å². The highest BCUT2D eigenvalue weighted by Crippen LogP contribution is 2.82. The van der Waals surface area contributed by atoms with Gasteiger partial charge in [0.05, 0.1) is 31.5 Å². The van der Waals surface area contributed by atoms with Gasteiger partial charge in [0.15, 0.2) is 11.7 Å². The highest BCUT2D eigenvalue weighted by Gasteiger charge is 2.96. The molecule has 5 aliphatic rings. The second kappa shape index (κ2) is 10.9. The van der Waals surface area contributed by atoms with Crippen LogP contribution in [0.15, 0.2) is 34.7 Å². The van der Waals surface area contributed by atoms with Crippen molar-refractivity contribution < 1.29 is 57.5 Å². The van der Waals surface area contributed by atoms with Crippen LogP contribution in [0.5, 0.6) is 0 Å². The van der Waals surface area contributed by atoms with Gasteiger partial charge in [-0.05, 0) is 36.8 Å². The number of carbonyl (C=O) groups excluding carboxylic acids is 4. The highest BCUT2D eigenvalue weighted by molar-refractivity contribution is 5.86. The zero-order chi connectivity index (χ0) is 35.4. The van der Waals surface area contributed by atoms with Gasteiger partial charge >= 0.3 is 23.9 Å². The summed E-state index contributed by atoms with van der Waals surface area (Å²) in [5, 5.41) is 26.5. The van der Waals surface area contributed by atoms with Crippen LogP contribution >= 0.6 is 0 Å². The van der Waals surface area contributed by atoms with E-state index in [0.717, 1.165) is 0 Å². The van der Waals surface area contributed by atoms with Gasteiger partial charge < -0.3 is 38.3 Å². The van der Waals surface area contributed by atoms with Gasteiger partial charge in [-0.15, -0.1) is 0 Å². The molecule has 2 aliphatic carbocycles. The summed E-state index contributed by atoms with van der Waals surface area (Å²) in [6.45, 7) is 14.0. The van der Waals surface area contributed by atoms with Gasteiger partial charge in [-0.2, -0.15) is 0 Å². The lowest BCUT2D eigenvalue weighted by Gasteiger charge is -2.69. The zero-order valence-corrected chi connectivity index (χ0v) is 29.2. The molecule has 11 atom stereocenters. The van der Waals surface area contributed by atoms with E-state index < -0.39 is 99.1 Å². The first-order chi connectivity index (χ1) is 22.3. The number of cyclic esters (lactones) is 1. The smallest absolute Gasteiger partial charge is 0.331 e. The molecule has 12 heteroatoms. The second-order valence-corrected chi connectivity index (χ2v) is 15.8. The van der Waals surface area contributed by atoms with Crippen LogP contribution in [-0.4, -0.2) is 70.4 Å². The Hall–Kier alpha value is -3.22. The van der Waals surface area contributed by atoms with Crippen LogP contribution in [0.2, 0.25) is 0 Å². The molecule has 0 radical (unpaired) electrons. The van der Waals surface area contributed by atoms with Crippen LogP contribution in [0.4, 0.5) is 0 Å². The number of fused-ring (bicyclic) bond motifs is 2. The van der Waals surface area contributed by atoms with Crippen molar-refractivity contribution in [3.05, 3.63) is 35.8 Å². The predicted molar refractivity (Wildman–Crippen MR) is 166 cm³/mol. The Labute approximate surface area is 280 Å². The van der Waals surface area contributed by atoms with E-state index in [9.17, 15) is 29.4 Å². The summed E-state index contributed by atoms with van der Waals surface area (Å²) in [5.74, 6) is -7.76. The molecular formula is C36H48O12. The quantitative estimate of drug-likeness (QED) is 0.299. The van der Waals surface area contributed by atoms with Crippen molar-refractivity contribution in [1.29, 1.82) is 0 Å². The Morgan fingerprint density at radius 2 is 1.71 bits per heavy atom. The Morgan fingerprint density at radius 1 is 1.04 bits per heavy atom. The predicted octanol–water partition coefficient (Wildman–Crippen LogP) is 4.17. The lowest BCUT2D eigenvalue weighted by atomic mass is 9.36. The van der Waals surface area contributed by atoms with Crippen molar-refractivity contribution in [2.75, 3.05) is 7.11 Å². The van der Waals surface area contributed by atoms with E-state index in [4.69, 9.17) is 28.1 Å². The summed E-state index contributed by atoms with van der Waals surface area (Å²) in [4.78, 5) is 53.8. The molecule has 4 heterocycles. The van der Waals surface area contributed by atoms with Crippen LogP contribution in [0.1, 0.15) is 92.7 Å². The van der Waals surface area contributed by atoms with E-state index in [-0.39, 0.29) is 6.42 Å². The molecule has 12 nitrogen and oxygen atoms in total. The molecule has 1 aromatic rings. The summed E-state index contributed by atoms with van der Waals surface area (Å²) in [6.07, 6.45) is 1.36. The largest absolute Gasteiger partial charge is 0.472 e. The molecule has 1 aromatic heterocycles. The topological polar surface area (TPSA) is 168 Å². The Kier molecular flexibility index (Phi) is 7.86. The molecule has 2 N–H and O–H groups in total. The Balaban J connectivity index is 1.66. The summed E-state index contributed by atoms with van der Waals surface area (Å²) in [5.41, 5.74) is -6.92. The van der Waals surface area contributed by atoms with Gasteiger partial charge in [0, 0.05) is 40.2 Å². The van der Waals surface area contributed by atoms with Gasteiger partial charge in [0.2, 0.25) is 5.79 Å². The Morgan fingerprint density at radius 3 is 2.29 bits per heavy atom. The number of ether oxygens (including phenoxy) is 5. The van der Waals surface area contributed by atoms with Gasteiger partial charge in [0.25, 0.3) is 0 Å². The van der Waals surface area contributed by atoms with Gasteiger partial charge in [-0.3, -0.25) is 14.4 Å². The van der Waals surface area contributed by atoms with Crippen molar-refractivity contribution in [2.45, 2.75) is 116 Å². The zero-order valence-electron chi connectivity index (χ0n) is 29.2. The van der Waals surface area contributed by atoms with Crippen molar-refractivity contribution in [3.63, 3.8) is 0 Å². The third-order valence-corrected chi connectivity index (χ3v) is 12.8. The number of hydrogen-bond acceptors (Lipinski definition) is 12. The minimum atomic E-state index is -2.55. The van der Waals surface area contributed by atoms with E-state index in [1.807, 2.05) is 13.8 Å². The summed E-state index contributed by atoms with van der Waals surface area (Å²) in [6, 6.07) is 1.71. The van der Waals surface area contributed by atoms with Crippen LogP contribution < -0.4 is 0 Å². The van der Waals surface area contributed by atoms with Gasteiger partial charge in [-0.1, -0.05) is 55.4 Å². The number of hydrogen-bond donors (Lipinski definition) is 2. The molecule has 0 amide bonds. The number of esters is 4. The number of furan rings is 1. The first-order valence-corrected chi connectivity index (χ1v) is 16.9. The van der Waals surface area contributed by atoms with Crippen LogP contribution in [0.25, 0.3) is 0 Å². The van der Waals surface area contributed by atoms with Crippen molar-refractivity contribution in [3.8, 4) is 0 Å². The lowest BCUT2D eigenvalue weighted by molar-refractivity contribution is -0.386. The maximum absolute atomic E-state index is 13.8. The SMILES string of the molecule is CC[C@@H](C)C(=O)O[C@H]1[C@@]23O[C@]4(O)[C@@](C)([C@@H](CC(=O)OC)C(C)(C)[C@H](OC(=O)C(C)C)[C@]14O)[C@H]2CC[C@]1(C)C3=CC(=O)O[C@H]1c1ccoc1. The summed E-state index contributed by atoms with van der Waals surface area (Å²) < 4.78 is 35.8. The number of methoxy groups -OCH3 is 1. The van der Waals surface area contributed by atoms with Crippen LogP contribution in [-0.2, 0) is 42.9 Å². The molecule has 264 valence electrons. The molecule has 4 fully saturated rings. The molecular weight excluding hydrogens is 624 g/mol. The summed E-state index contributed by atoms with van der Waals surface area (Å²) >= 11 is 0. The number of carbonyl (C=O) groups is 4. The number of aliphatic hydroxyl groups is 2. The highest BCUT2D eigenvalue weighted by atomic mass is 16.7. The third-order valence-electron chi connectivity index (χ3n) is 12.8. The van der Waals surface area contributed by atoms with Crippen molar-refractivity contribution in [2.24, 2.45) is 39.9 Å². The van der Waals surface area contributed by atoms with Crippen LogP contribution in [0.3, 0.4) is 0 Å². The van der Waals surface area contributed by atoms with Gasteiger partial charge in [-0.25, -0.2) is 4.79 Å². The lowest BCUT2D eigenvalue weighted by Crippen LogP contribution is -2.84. The fourth-order valence-electron chi connectivity index (χ4n) is 10.2. The maximum atomic E-state index is 13.8. The fourth-order valence-corrected chi connectivity index (χ4v) is 10.2. The fraction of sp³-hybridized carbons (Fsp3) is 0.722. The third kappa shape index (κ3) is 4.05. The second-order valence-electron chi connectivity index (χ2n) is 15.8. The standard InChI is InChI=1S/C36H48O12/c1-10-19(4)28(40)47-30-34-21(11-13-32(7)23(34)16-25(38)45-26(32)20-12-14-44-17-20)33(8)22(15-24(37)43-9)31(5,6)29(46-27(39)18(2)3)35(30,41)36(33,42)48-34/h12,14,16-19,21-22,26,29-30,41-42H,10-11,13,15H2,1-9H3/t19-,21-,22+,26+,29+,30+,32-,33-,34-,35+,36-/m1/s1. The average Bonchev–Trinajstić information content (AvgIpc) is 3.68. The van der Waals surface area contributed by atoms with Crippen LogP contribution in [0, 0.1) is 39.9 Å². The molecule has 1 spiro atoms. The van der Waals surface area contributed by atoms with Gasteiger partial charge in [0.1, 0.15) is 17.8 Å². The van der Waals surface area contributed by atoms with E-state index in [1.165, 1.54) is 25.7 Å². The molecule has 0 aromatic carbocycles. The molecule has 48 heavy (non-hydrogen) atoms. The maximum Gasteiger partial charge on any atom is 0.331 e. The first kappa shape index (κ1) is 34.6. The van der Waals surface area contributed by atoms with E-state index in [1.54, 1.807) is 47.6 Å². The van der Waals surface area contributed by atoms with E-state index in [2.05, 4.69) is 0 Å².